The molecule has 2 heterocycles. The molecule has 0 saturated carbocycles. The van der Waals surface area contributed by atoms with E-state index in [0.29, 0.717) is 5.69 Å². The van der Waals surface area contributed by atoms with Gasteiger partial charge in [0.05, 0.1) is 17.4 Å². The SMILES string of the molecule is Cc1ccc(N2C(=O)C3ON(c4ccccc4)C(c4ccc(C(C)(C)C)cc4)C3C2=O)c(C)c1. The molecule has 5 heteroatoms. The molecular formula is C29H30N2O3. The van der Waals surface area contributed by atoms with E-state index in [0.717, 1.165) is 22.4 Å². The fourth-order valence-corrected chi connectivity index (χ4v) is 5.03. The normalized spacial score (nSPS) is 22.4. The summed E-state index contributed by atoms with van der Waals surface area (Å²) < 4.78 is 0. The Kier molecular flexibility index (Phi) is 5.33. The summed E-state index contributed by atoms with van der Waals surface area (Å²) in [7, 11) is 0. The first-order valence-electron chi connectivity index (χ1n) is 11.7. The third-order valence-corrected chi connectivity index (χ3v) is 6.84. The number of para-hydroxylation sites is 1. The average Bonchev–Trinajstić information content (AvgIpc) is 3.31. The van der Waals surface area contributed by atoms with Crippen LogP contribution in [-0.2, 0) is 19.8 Å². The number of imide groups is 1. The van der Waals surface area contributed by atoms with Crippen LogP contribution in [0.15, 0.2) is 72.8 Å². The van der Waals surface area contributed by atoms with Gasteiger partial charge in [0.15, 0.2) is 6.10 Å². The highest BCUT2D eigenvalue weighted by molar-refractivity contribution is 6.24. The molecule has 0 N–H and O–H groups in total. The second-order valence-corrected chi connectivity index (χ2v) is 10.3. The van der Waals surface area contributed by atoms with Crippen LogP contribution >= 0.6 is 0 Å². The van der Waals surface area contributed by atoms with Crippen molar-refractivity contribution in [1.29, 1.82) is 0 Å². The molecular weight excluding hydrogens is 424 g/mol. The van der Waals surface area contributed by atoms with E-state index in [1.54, 1.807) is 5.06 Å². The van der Waals surface area contributed by atoms with Crippen LogP contribution in [0.5, 0.6) is 0 Å². The van der Waals surface area contributed by atoms with Crippen LogP contribution in [0.1, 0.15) is 49.1 Å². The van der Waals surface area contributed by atoms with Crippen molar-refractivity contribution >= 4 is 23.2 Å². The van der Waals surface area contributed by atoms with Crippen LogP contribution < -0.4 is 9.96 Å². The lowest BCUT2D eigenvalue weighted by Crippen LogP contribution is -2.37. The van der Waals surface area contributed by atoms with Gasteiger partial charge in [0.2, 0.25) is 5.91 Å². The predicted molar refractivity (Wildman–Crippen MR) is 134 cm³/mol. The number of fused-ring (bicyclic) bond motifs is 1. The van der Waals surface area contributed by atoms with E-state index < -0.39 is 18.1 Å². The Hall–Kier alpha value is -3.44. The van der Waals surface area contributed by atoms with Crippen LogP contribution in [0.25, 0.3) is 0 Å². The molecule has 3 aromatic carbocycles. The molecule has 2 fully saturated rings. The minimum Gasteiger partial charge on any atom is -0.273 e. The van der Waals surface area contributed by atoms with Crippen molar-refractivity contribution in [3.63, 3.8) is 0 Å². The van der Waals surface area contributed by atoms with Crippen molar-refractivity contribution in [2.45, 2.75) is 52.2 Å². The zero-order valence-corrected chi connectivity index (χ0v) is 20.3. The molecule has 174 valence electrons. The number of anilines is 2. The molecule has 5 rings (SSSR count). The first-order valence-corrected chi connectivity index (χ1v) is 11.7. The maximum atomic E-state index is 13.8. The molecule has 2 saturated heterocycles. The lowest BCUT2D eigenvalue weighted by molar-refractivity contribution is -0.126. The number of aryl methyl sites for hydroxylation is 2. The number of amides is 2. The van der Waals surface area contributed by atoms with E-state index in [1.807, 2.05) is 62.4 Å². The summed E-state index contributed by atoms with van der Waals surface area (Å²) in [6.07, 6.45) is -0.860. The lowest BCUT2D eigenvalue weighted by atomic mass is 9.84. The number of hydrogen-bond donors (Lipinski definition) is 0. The molecule has 0 radical (unpaired) electrons. The monoisotopic (exact) mass is 454 g/mol. The number of carbonyl (C=O) groups is 2. The van der Waals surface area contributed by atoms with Gasteiger partial charge in [-0.15, -0.1) is 0 Å². The Balaban J connectivity index is 1.58. The van der Waals surface area contributed by atoms with Gasteiger partial charge in [0, 0.05) is 0 Å². The first-order chi connectivity index (χ1) is 16.2. The maximum Gasteiger partial charge on any atom is 0.266 e. The third-order valence-electron chi connectivity index (χ3n) is 6.84. The molecule has 34 heavy (non-hydrogen) atoms. The van der Waals surface area contributed by atoms with Gasteiger partial charge in [-0.1, -0.05) is 80.9 Å². The number of hydrogen-bond acceptors (Lipinski definition) is 4. The Morgan fingerprint density at radius 2 is 1.50 bits per heavy atom. The molecule has 3 atom stereocenters. The molecule has 3 unspecified atom stereocenters. The molecule has 0 aliphatic carbocycles. The van der Waals surface area contributed by atoms with E-state index in [4.69, 9.17) is 4.84 Å². The van der Waals surface area contributed by atoms with Crippen molar-refractivity contribution in [3.8, 4) is 0 Å². The van der Waals surface area contributed by atoms with Gasteiger partial charge in [0.1, 0.15) is 5.92 Å². The number of nitrogens with zero attached hydrogens (tertiary/aromatic N) is 2. The van der Waals surface area contributed by atoms with E-state index in [1.165, 1.54) is 10.5 Å². The molecule has 2 aliphatic rings. The number of hydroxylamine groups is 1. The molecule has 3 aromatic rings. The largest absolute Gasteiger partial charge is 0.273 e. The van der Waals surface area contributed by atoms with Crippen molar-refractivity contribution < 1.29 is 14.4 Å². The predicted octanol–water partition coefficient (Wildman–Crippen LogP) is 5.65. The highest BCUT2D eigenvalue weighted by atomic mass is 16.7. The van der Waals surface area contributed by atoms with E-state index in [-0.39, 0.29) is 17.2 Å². The maximum absolute atomic E-state index is 13.8. The summed E-state index contributed by atoms with van der Waals surface area (Å²) in [6, 6.07) is 23.4. The van der Waals surface area contributed by atoms with E-state index in [2.05, 4.69) is 45.0 Å². The fourth-order valence-electron chi connectivity index (χ4n) is 5.03. The van der Waals surface area contributed by atoms with Crippen LogP contribution in [0.4, 0.5) is 11.4 Å². The quantitative estimate of drug-likeness (QED) is 0.480. The molecule has 0 bridgehead atoms. The van der Waals surface area contributed by atoms with Crippen LogP contribution in [0.3, 0.4) is 0 Å². The summed E-state index contributed by atoms with van der Waals surface area (Å²) >= 11 is 0. The van der Waals surface area contributed by atoms with Crippen LogP contribution in [0.2, 0.25) is 0 Å². The second kappa shape index (κ2) is 8.10. The summed E-state index contributed by atoms with van der Waals surface area (Å²) in [5.41, 5.74) is 5.62. The second-order valence-electron chi connectivity index (χ2n) is 10.3. The van der Waals surface area contributed by atoms with Crippen molar-refractivity contribution in [1.82, 2.24) is 0 Å². The topological polar surface area (TPSA) is 49.9 Å². The Labute approximate surface area is 200 Å². The Morgan fingerprint density at radius 3 is 2.12 bits per heavy atom. The van der Waals surface area contributed by atoms with Gasteiger partial charge in [-0.3, -0.25) is 14.4 Å². The molecule has 0 aromatic heterocycles. The summed E-state index contributed by atoms with van der Waals surface area (Å²) in [4.78, 5) is 34.9. The smallest absolute Gasteiger partial charge is 0.266 e. The zero-order chi connectivity index (χ0) is 24.2. The van der Waals surface area contributed by atoms with Crippen molar-refractivity contribution in [2.75, 3.05) is 9.96 Å². The molecule has 2 aliphatic heterocycles. The van der Waals surface area contributed by atoms with E-state index >= 15 is 0 Å². The summed E-state index contributed by atoms with van der Waals surface area (Å²) in [5, 5.41) is 1.75. The van der Waals surface area contributed by atoms with Crippen LogP contribution in [0, 0.1) is 19.8 Å². The minimum atomic E-state index is -0.860. The number of rotatable bonds is 3. The molecule has 0 spiro atoms. The standard InChI is InChI=1S/C29H30N2O3/c1-18-11-16-23(19(2)17-18)30-27(32)24-25(20-12-14-21(15-13-20)29(3,4)5)31(34-26(24)28(30)33)22-9-7-6-8-10-22/h6-17,24-26H,1-5H3. The Morgan fingerprint density at radius 1 is 0.824 bits per heavy atom. The first kappa shape index (κ1) is 22.4. The fraction of sp³-hybridized carbons (Fsp3) is 0.310. The van der Waals surface area contributed by atoms with Crippen molar-refractivity contribution in [2.24, 2.45) is 5.92 Å². The molecule has 5 nitrogen and oxygen atoms in total. The van der Waals surface area contributed by atoms with Gasteiger partial charge in [-0.05, 0) is 54.2 Å². The minimum absolute atomic E-state index is 0.0191. The highest BCUT2D eigenvalue weighted by Gasteiger charge is 2.60. The Bertz CT molecular complexity index is 1240. The lowest BCUT2D eigenvalue weighted by Gasteiger charge is -2.29. The van der Waals surface area contributed by atoms with Gasteiger partial charge >= 0.3 is 0 Å². The average molecular weight is 455 g/mol. The molecule has 2 amide bonds. The highest BCUT2D eigenvalue weighted by Crippen LogP contribution is 2.48. The zero-order valence-electron chi connectivity index (χ0n) is 20.3. The van der Waals surface area contributed by atoms with Gasteiger partial charge < -0.3 is 0 Å². The van der Waals surface area contributed by atoms with Gasteiger partial charge in [-0.25, -0.2) is 9.96 Å². The number of benzene rings is 3. The van der Waals surface area contributed by atoms with Gasteiger partial charge in [0.25, 0.3) is 5.91 Å². The summed E-state index contributed by atoms with van der Waals surface area (Å²) in [6.45, 7) is 10.4. The number of carbonyl (C=O) groups excluding carboxylic acids is 2. The van der Waals surface area contributed by atoms with E-state index in [9.17, 15) is 9.59 Å². The third kappa shape index (κ3) is 3.61. The van der Waals surface area contributed by atoms with Crippen LogP contribution in [-0.4, -0.2) is 17.9 Å². The van der Waals surface area contributed by atoms with Crippen molar-refractivity contribution in [3.05, 3.63) is 95.1 Å². The summed E-state index contributed by atoms with van der Waals surface area (Å²) in [5.74, 6) is -1.16. The van der Waals surface area contributed by atoms with Gasteiger partial charge in [-0.2, -0.15) is 0 Å².